The number of esters is 1. The lowest BCUT2D eigenvalue weighted by atomic mass is 10.1. The molecule has 0 radical (unpaired) electrons. The molecule has 28 heavy (non-hydrogen) atoms. The zero-order chi connectivity index (χ0) is 19.9. The second-order valence-electron chi connectivity index (χ2n) is 5.50. The van der Waals surface area contributed by atoms with E-state index in [1.165, 1.54) is 22.7 Å². The van der Waals surface area contributed by atoms with E-state index >= 15 is 0 Å². The van der Waals surface area contributed by atoms with Gasteiger partial charge in [-0.15, -0.1) is 22.7 Å². The summed E-state index contributed by atoms with van der Waals surface area (Å²) >= 11 is 2.75. The standard InChI is InChI=1S/C20H16N2O4S2/c1-2-25-20(24)18-14(16-8-5-9-27-16)12-28-19(18)22-17(23)11-26-15-7-4-3-6-13(15)10-21/h3-9,12H,2,11H2,1H3,(H,22,23). The third-order valence-electron chi connectivity index (χ3n) is 3.68. The predicted molar refractivity (Wildman–Crippen MR) is 109 cm³/mol. The maximum absolute atomic E-state index is 12.5. The molecule has 0 aliphatic heterocycles. The van der Waals surface area contributed by atoms with E-state index in [0.717, 1.165) is 10.4 Å². The number of hydrogen-bond acceptors (Lipinski definition) is 7. The van der Waals surface area contributed by atoms with Gasteiger partial charge in [0.1, 0.15) is 22.4 Å². The van der Waals surface area contributed by atoms with Gasteiger partial charge in [0.25, 0.3) is 5.91 Å². The fourth-order valence-corrected chi connectivity index (χ4v) is 4.25. The molecule has 8 heteroatoms. The van der Waals surface area contributed by atoms with Crippen molar-refractivity contribution < 1.29 is 19.1 Å². The highest BCUT2D eigenvalue weighted by Gasteiger charge is 2.23. The summed E-state index contributed by atoms with van der Waals surface area (Å²) < 4.78 is 10.6. The van der Waals surface area contributed by atoms with Crippen LogP contribution in [0.5, 0.6) is 5.75 Å². The fraction of sp³-hybridized carbons (Fsp3) is 0.150. The average molecular weight is 412 g/mol. The molecule has 0 fully saturated rings. The first-order valence-corrected chi connectivity index (χ1v) is 10.1. The molecule has 1 aromatic carbocycles. The minimum absolute atomic E-state index is 0.236. The van der Waals surface area contributed by atoms with Gasteiger partial charge in [-0.05, 0) is 30.5 Å². The number of ether oxygens (including phenoxy) is 2. The lowest BCUT2D eigenvalue weighted by molar-refractivity contribution is -0.118. The van der Waals surface area contributed by atoms with Gasteiger partial charge in [0.2, 0.25) is 0 Å². The van der Waals surface area contributed by atoms with E-state index in [1.54, 1.807) is 31.2 Å². The van der Waals surface area contributed by atoms with Crippen molar-refractivity contribution >= 4 is 39.6 Å². The number of nitrogens with one attached hydrogen (secondary N) is 1. The summed E-state index contributed by atoms with van der Waals surface area (Å²) in [5.74, 6) is -0.590. The molecule has 0 saturated carbocycles. The summed E-state index contributed by atoms with van der Waals surface area (Å²) in [5.41, 5.74) is 1.41. The average Bonchev–Trinajstić information content (AvgIpc) is 3.36. The Bertz CT molecular complexity index is 1020. The molecule has 1 amide bonds. The van der Waals surface area contributed by atoms with Gasteiger partial charge in [0.15, 0.2) is 6.61 Å². The third-order valence-corrected chi connectivity index (χ3v) is 5.48. The Morgan fingerprint density at radius 2 is 2.00 bits per heavy atom. The van der Waals surface area contributed by atoms with Gasteiger partial charge in [-0.1, -0.05) is 18.2 Å². The Balaban J connectivity index is 1.77. The van der Waals surface area contributed by atoms with Crippen LogP contribution in [0.1, 0.15) is 22.8 Å². The normalized spacial score (nSPS) is 10.1. The van der Waals surface area contributed by atoms with Crippen molar-refractivity contribution in [3.05, 3.63) is 58.3 Å². The number of benzene rings is 1. The maximum atomic E-state index is 12.5. The van der Waals surface area contributed by atoms with E-state index in [0.29, 0.717) is 21.9 Å². The molecule has 0 atom stereocenters. The topological polar surface area (TPSA) is 88.4 Å². The molecule has 0 saturated heterocycles. The number of carbonyl (C=O) groups is 2. The second-order valence-corrected chi connectivity index (χ2v) is 7.32. The number of amides is 1. The van der Waals surface area contributed by atoms with E-state index < -0.39 is 11.9 Å². The number of nitrogens with zero attached hydrogens (tertiary/aromatic N) is 1. The SMILES string of the molecule is CCOC(=O)c1c(-c2cccs2)csc1NC(=O)COc1ccccc1C#N. The number of anilines is 1. The first kappa shape index (κ1) is 19.6. The molecule has 142 valence electrons. The van der Waals surface area contributed by atoms with Crippen molar-refractivity contribution in [1.29, 1.82) is 5.26 Å². The summed E-state index contributed by atoms with van der Waals surface area (Å²) in [6.45, 7) is 1.68. The molecule has 3 aromatic rings. The van der Waals surface area contributed by atoms with Crippen LogP contribution in [0, 0.1) is 11.3 Å². The van der Waals surface area contributed by atoms with Crippen LogP contribution in [0.3, 0.4) is 0 Å². The number of hydrogen-bond donors (Lipinski definition) is 1. The van der Waals surface area contributed by atoms with Crippen molar-refractivity contribution in [2.24, 2.45) is 0 Å². The largest absolute Gasteiger partial charge is 0.482 e. The number of nitriles is 1. The van der Waals surface area contributed by atoms with Crippen molar-refractivity contribution in [1.82, 2.24) is 0 Å². The van der Waals surface area contributed by atoms with Gasteiger partial charge in [-0.2, -0.15) is 5.26 Å². The number of thiophene rings is 2. The molecule has 0 unspecified atom stereocenters. The summed E-state index contributed by atoms with van der Waals surface area (Å²) in [6.07, 6.45) is 0. The van der Waals surface area contributed by atoms with Crippen molar-refractivity contribution in [3.8, 4) is 22.3 Å². The van der Waals surface area contributed by atoms with Crippen LogP contribution in [-0.4, -0.2) is 25.1 Å². The summed E-state index contributed by atoms with van der Waals surface area (Å²) in [4.78, 5) is 25.7. The zero-order valence-corrected chi connectivity index (χ0v) is 16.6. The first-order chi connectivity index (χ1) is 13.6. The molecule has 1 N–H and O–H groups in total. The van der Waals surface area contributed by atoms with E-state index in [9.17, 15) is 9.59 Å². The van der Waals surface area contributed by atoms with Gasteiger partial charge in [0, 0.05) is 15.8 Å². The van der Waals surface area contributed by atoms with Crippen LogP contribution >= 0.6 is 22.7 Å². The van der Waals surface area contributed by atoms with Crippen molar-refractivity contribution in [3.63, 3.8) is 0 Å². The highest BCUT2D eigenvalue weighted by Crippen LogP contribution is 2.38. The lowest BCUT2D eigenvalue weighted by Crippen LogP contribution is -2.21. The molecule has 2 heterocycles. The van der Waals surface area contributed by atoms with Gasteiger partial charge >= 0.3 is 5.97 Å². The first-order valence-electron chi connectivity index (χ1n) is 8.38. The monoisotopic (exact) mass is 412 g/mol. The van der Waals surface area contributed by atoms with Gasteiger partial charge in [-0.25, -0.2) is 4.79 Å². The highest BCUT2D eigenvalue weighted by atomic mass is 32.1. The van der Waals surface area contributed by atoms with Crippen LogP contribution in [0.15, 0.2) is 47.2 Å². The second kappa shape index (κ2) is 9.17. The van der Waals surface area contributed by atoms with Crippen LogP contribution in [0.2, 0.25) is 0 Å². The summed E-state index contributed by atoms with van der Waals surface area (Å²) in [7, 11) is 0. The maximum Gasteiger partial charge on any atom is 0.341 e. The molecule has 6 nitrogen and oxygen atoms in total. The van der Waals surface area contributed by atoms with E-state index in [2.05, 4.69) is 5.32 Å². The number of carbonyl (C=O) groups excluding carboxylic acids is 2. The molecule has 0 aliphatic rings. The third kappa shape index (κ3) is 4.39. The minimum Gasteiger partial charge on any atom is -0.482 e. The Kier molecular flexibility index (Phi) is 6.42. The molecular formula is C20H16N2O4S2. The van der Waals surface area contributed by atoms with Crippen LogP contribution in [0.25, 0.3) is 10.4 Å². The Hall–Kier alpha value is -3.15. The fourth-order valence-electron chi connectivity index (χ4n) is 2.46. The van der Waals surface area contributed by atoms with Gasteiger partial charge in [-0.3, -0.25) is 4.79 Å². The van der Waals surface area contributed by atoms with Crippen molar-refractivity contribution in [2.75, 3.05) is 18.5 Å². The molecule has 0 spiro atoms. The van der Waals surface area contributed by atoms with Crippen LogP contribution in [-0.2, 0) is 9.53 Å². The highest BCUT2D eigenvalue weighted by molar-refractivity contribution is 7.17. The number of para-hydroxylation sites is 1. The zero-order valence-electron chi connectivity index (χ0n) is 14.9. The number of rotatable bonds is 7. The van der Waals surface area contributed by atoms with Gasteiger partial charge < -0.3 is 14.8 Å². The van der Waals surface area contributed by atoms with Gasteiger partial charge in [0.05, 0.1) is 12.2 Å². The molecule has 3 rings (SSSR count). The molecule has 0 bridgehead atoms. The van der Waals surface area contributed by atoms with E-state index in [-0.39, 0.29) is 13.2 Å². The molecule has 2 aromatic heterocycles. The molecular weight excluding hydrogens is 396 g/mol. The quantitative estimate of drug-likeness (QED) is 0.576. The van der Waals surface area contributed by atoms with E-state index in [4.69, 9.17) is 14.7 Å². The lowest BCUT2D eigenvalue weighted by Gasteiger charge is -2.09. The van der Waals surface area contributed by atoms with Crippen molar-refractivity contribution in [2.45, 2.75) is 6.92 Å². The molecule has 0 aliphatic carbocycles. The Labute approximate surface area is 170 Å². The predicted octanol–water partition coefficient (Wildman–Crippen LogP) is 4.54. The van der Waals surface area contributed by atoms with Crippen LogP contribution in [0.4, 0.5) is 5.00 Å². The minimum atomic E-state index is -0.488. The van der Waals surface area contributed by atoms with E-state index in [1.807, 2.05) is 29.0 Å². The Morgan fingerprint density at radius 3 is 2.71 bits per heavy atom. The summed E-state index contributed by atoms with van der Waals surface area (Å²) in [5, 5.41) is 15.9. The van der Waals surface area contributed by atoms with Crippen LogP contribution < -0.4 is 10.1 Å². The Morgan fingerprint density at radius 1 is 1.18 bits per heavy atom. The summed E-state index contributed by atoms with van der Waals surface area (Å²) in [6, 6.07) is 12.5. The smallest absolute Gasteiger partial charge is 0.341 e.